The molecule has 2 rings (SSSR count). The maximum Gasteiger partial charge on any atom is 0.335 e. The number of aliphatic hydroxyl groups is 3. The Kier molecular flexibility index (Phi) is 7.62. The Morgan fingerprint density at radius 1 is 1.14 bits per heavy atom. The molecule has 5 atom stereocenters. The average Bonchev–Trinajstić information content (AvgIpc) is 2.61. The van der Waals surface area contributed by atoms with E-state index in [9.17, 15) is 20.1 Å². The van der Waals surface area contributed by atoms with Crippen molar-refractivity contribution in [1.82, 2.24) is 0 Å². The van der Waals surface area contributed by atoms with Gasteiger partial charge >= 0.3 is 5.97 Å². The molecule has 0 amide bonds. The first-order chi connectivity index (χ1) is 13.1. The zero-order chi connectivity index (χ0) is 21.0. The van der Waals surface area contributed by atoms with Crippen molar-refractivity contribution in [1.29, 1.82) is 0 Å². The number of carboxylic acids is 1. The van der Waals surface area contributed by atoms with Crippen LogP contribution >= 0.6 is 0 Å². The van der Waals surface area contributed by atoms with Gasteiger partial charge in [0.25, 0.3) is 0 Å². The van der Waals surface area contributed by atoms with Crippen molar-refractivity contribution in [3.05, 3.63) is 23.8 Å². The van der Waals surface area contributed by atoms with Gasteiger partial charge in [0, 0.05) is 6.04 Å². The summed E-state index contributed by atoms with van der Waals surface area (Å²) >= 11 is 0. The van der Waals surface area contributed by atoms with E-state index in [0.717, 1.165) is 5.56 Å². The molecule has 1 aromatic rings. The van der Waals surface area contributed by atoms with Gasteiger partial charge < -0.3 is 40.0 Å². The van der Waals surface area contributed by atoms with E-state index < -0.39 is 36.7 Å². The molecule has 0 aliphatic carbocycles. The van der Waals surface area contributed by atoms with Gasteiger partial charge in [-0.3, -0.25) is 0 Å². The number of aliphatic carboxylic acids is 1. The molecule has 1 aromatic carbocycles. The van der Waals surface area contributed by atoms with Crippen LogP contribution in [0.2, 0.25) is 0 Å². The highest BCUT2D eigenvalue weighted by Gasteiger charge is 2.48. The minimum absolute atomic E-state index is 0.0694. The number of anilines is 1. The SMILES string of the molecule is CC(C)Nc1cc(COC(C)C)ccc1O[C@@H]1O[C@H](C(=O)O)[C@@H](O)[C@H](O)[C@H]1O. The first-order valence-electron chi connectivity index (χ1n) is 9.20. The van der Waals surface area contributed by atoms with Crippen molar-refractivity contribution in [2.75, 3.05) is 5.32 Å². The van der Waals surface area contributed by atoms with Gasteiger partial charge in [0.15, 0.2) is 6.10 Å². The van der Waals surface area contributed by atoms with E-state index >= 15 is 0 Å². The summed E-state index contributed by atoms with van der Waals surface area (Å²) in [7, 11) is 0. The molecule has 0 saturated carbocycles. The highest BCUT2D eigenvalue weighted by atomic mass is 16.7. The number of aliphatic hydroxyl groups excluding tert-OH is 3. The Morgan fingerprint density at radius 2 is 1.82 bits per heavy atom. The number of hydrogen-bond acceptors (Lipinski definition) is 8. The molecule has 1 saturated heterocycles. The maximum atomic E-state index is 11.2. The van der Waals surface area contributed by atoms with Crippen LogP contribution < -0.4 is 10.1 Å². The summed E-state index contributed by atoms with van der Waals surface area (Å²) in [6.07, 6.45) is -8.23. The zero-order valence-electron chi connectivity index (χ0n) is 16.4. The Morgan fingerprint density at radius 3 is 2.39 bits per heavy atom. The lowest BCUT2D eigenvalue weighted by molar-refractivity contribution is -0.271. The van der Waals surface area contributed by atoms with Crippen LogP contribution in [-0.4, -0.2) is 69.2 Å². The highest BCUT2D eigenvalue weighted by Crippen LogP contribution is 2.31. The van der Waals surface area contributed by atoms with E-state index in [2.05, 4.69) is 5.32 Å². The van der Waals surface area contributed by atoms with Crippen LogP contribution in [0.1, 0.15) is 33.3 Å². The largest absolute Gasteiger partial charge is 0.479 e. The topological polar surface area (TPSA) is 138 Å². The second kappa shape index (κ2) is 9.53. The molecule has 1 fully saturated rings. The molecule has 0 unspecified atom stereocenters. The number of carboxylic acid groups (broad SMARTS) is 1. The molecule has 158 valence electrons. The van der Waals surface area contributed by atoms with Crippen LogP contribution in [0.25, 0.3) is 0 Å². The number of ether oxygens (including phenoxy) is 3. The first kappa shape index (κ1) is 22.4. The van der Waals surface area contributed by atoms with Crippen molar-refractivity contribution in [3.8, 4) is 5.75 Å². The van der Waals surface area contributed by atoms with Crippen molar-refractivity contribution in [2.24, 2.45) is 0 Å². The zero-order valence-corrected chi connectivity index (χ0v) is 16.4. The number of rotatable bonds is 8. The fraction of sp³-hybridized carbons (Fsp3) is 0.632. The molecule has 5 N–H and O–H groups in total. The van der Waals surface area contributed by atoms with Gasteiger partial charge in [-0.1, -0.05) is 6.07 Å². The first-order valence-corrected chi connectivity index (χ1v) is 9.20. The van der Waals surface area contributed by atoms with Crippen LogP contribution in [0, 0.1) is 0 Å². The number of carbonyl (C=O) groups is 1. The van der Waals surface area contributed by atoms with Gasteiger partial charge in [-0.2, -0.15) is 0 Å². The molecular weight excluding hydrogens is 370 g/mol. The monoisotopic (exact) mass is 399 g/mol. The average molecular weight is 399 g/mol. The van der Waals surface area contributed by atoms with Crippen molar-refractivity contribution >= 4 is 11.7 Å². The molecule has 28 heavy (non-hydrogen) atoms. The van der Waals surface area contributed by atoms with E-state index in [1.165, 1.54) is 0 Å². The second-order valence-electron chi connectivity index (χ2n) is 7.34. The Bertz CT molecular complexity index is 665. The summed E-state index contributed by atoms with van der Waals surface area (Å²) in [5.41, 5.74) is 1.50. The summed E-state index contributed by atoms with van der Waals surface area (Å²) in [5.74, 6) is -1.16. The quantitative estimate of drug-likeness (QED) is 0.428. The maximum absolute atomic E-state index is 11.2. The lowest BCUT2D eigenvalue weighted by Gasteiger charge is -2.38. The van der Waals surface area contributed by atoms with Gasteiger partial charge in [0.05, 0.1) is 18.4 Å². The number of nitrogens with one attached hydrogen (secondary N) is 1. The smallest absolute Gasteiger partial charge is 0.335 e. The minimum atomic E-state index is -1.77. The summed E-state index contributed by atoms with van der Waals surface area (Å²) in [6.45, 7) is 8.15. The second-order valence-corrected chi connectivity index (χ2v) is 7.34. The lowest BCUT2D eigenvalue weighted by Crippen LogP contribution is -2.61. The molecule has 1 aliphatic rings. The van der Waals surface area contributed by atoms with Crippen LogP contribution in [-0.2, 0) is 20.9 Å². The molecule has 1 heterocycles. The van der Waals surface area contributed by atoms with Crippen molar-refractivity contribution in [2.45, 2.75) is 77.2 Å². The van der Waals surface area contributed by atoms with Gasteiger partial charge in [0.1, 0.15) is 24.1 Å². The molecule has 9 heteroatoms. The number of benzene rings is 1. The summed E-state index contributed by atoms with van der Waals surface area (Å²) in [6, 6.07) is 5.32. The standard InChI is InChI=1S/C19H29NO8/c1-9(2)20-12-7-11(8-26-10(3)4)5-6-13(12)27-19-16(23)14(21)15(22)17(28-19)18(24)25/h5-7,9-10,14-17,19-23H,8H2,1-4H3,(H,24,25)/t14-,15-,16+,17-,19+/m0/s1. The van der Waals surface area contributed by atoms with Gasteiger partial charge in [-0.25, -0.2) is 4.79 Å². The van der Waals surface area contributed by atoms with Gasteiger partial charge in [0.2, 0.25) is 6.29 Å². The van der Waals surface area contributed by atoms with Gasteiger partial charge in [-0.15, -0.1) is 0 Å². The molecule has 0 aromatic heterocycles. The number of hydrogen-bond donors (Lipinski definition) is 5. The van der Waals surface area contributed by atoms with E-state index in [4.69, 9.17) is 19.3 Å². The lowest BCUT2D eigenvalue weighted by atomic mass is 9.99. The third kappa shape index (κ3) is 5.55. The highest BCUT2D eigenvalue weighted by molar-refractivity contribution is 5.73. The van der Waals surface area contributed by atoms with E-state index in [1.54, 1.807) is 12.1 Å². The van der Waals surface area contributed by atoms with Crippen LogP contribution in [0.15, 0.2) is 18.2 Å². The molecule has 9 nitrogen and oxygen atoms in total. The minimum Gasteiger partial charge on any atom is -0.479 e. The van der Waals surface area contributed by atoms with Crippen LogP contribution in [0.3, 0.4) is 0 Å². The summed E-state index contributed by atoms with van der Waals surface area (Å²) in [4.78, 5) is 11.2. The molecule has 0 spiro atoms. The van der Waals surface area contributed by atoms with Crippen molar-refractivity contribution in [3.63, 3.8) is 0 Å². The van der Waals surface area contributed by atoms with Crippen LogP contribution in [0.4, 0.5) is 5.69 Å². The molecule has 0 radical (unpaired) electrons. The van der Waals surface area contributed by atoms with Crippen LogP contribution in [0.5, 0.6) is 5.75 Å². The Hall–Kier alpha value is -1.91. The fourth-order valence-electron chi connectivity index (χ4n) is 2.73. The predicted molar refractivity (Wildman–Crippen MR) is 100 cm³/mol. The fourth-order valence-corrected chi connectivity index (χ4v) is 2.73. The van der Waals surface area contributed by atoms with E-state index in [0.29, 0.717) is 18.0 Å². The predicted octanol–water partition coefficient (Wildman–Crippen LogP) is 0.703. The third-order valence-electron chi connectivity index (χ3n) is 4.13. The Balaban J connectivity index is 2.23. The Labute approximate surface area is 163 Å². The third-order valence-corrected chi connectivity index (χ3v) is 4.13. The molecule has 0 bridgehead atoms. The van der Waals surface area contributed by atoms with Gasteiger partial charge in [-0.05, 0) is 45.4 Å². The van der Waals surface area contributed by atoms with E-state index in [1.807, 2.05) is 33.8 Å². The normalized spacial score (nSPS) is 27.8. The molecule has 1 aliphatic heterocycles. The van der Waals surface area contributed by atoms with Crippen molar-refractivity contribution < 1.29 is 39.4 Å². The summed E-state index contributed by atoms with van der Waals surface area (Å²) in [5, 5.41) is 42.2. The summed E-state index contributed by atoms with van der Waals surface area (Å²) < 4.78 is 16.5. The molecular formula is C19H29NO8. The van der Waals surface area contributed by atoms with E-state index in [-0.39, 0.29) is 12.1 Å².